The Bertz CT molecular complexity index is 638. The predicted molar refractivity (Wildman–Crippen MR) is 70.5 cm³/mol. The predicted octanol–water partition coefficient (Wildman–Crippen LogP) is 1.64. The maximum Gasteiger partial charge on any atom is 0.273 e. The first-order chi connectivity index (χ1) is 9.54. The third-order valence-corrected chi connectivity index (χ3v) is 2.37. The van der Waals surface area contributed by atoms with Gasteiger partial charge in [0, 0.05) is 17.8 Å². The minimum atomic E-state index is -0.528. The Hall–Kier alpha value is -2.90. The van der Waals surface area contributed by atoms with Crippen LogP contribution in [0.2, 0.25) is 0 Å². The Morgan fingerprint density at radius 2 is 2.30 bits per heavy atom. The smallest absolute Gasteiger partial charge is 0.273 e. The van der Waals surface area contributed by atoms with Gasteiger partial charge in [-0.3, -0.25) is 20.0 Å². The summed E-state index contributed by atoms with van der Waals surface area (Å²) in [6.07, 6.45) is 0. The molecule has 0 saturated heterocycles. The van der Waals surface area contributed by atoms with Gasteiger partial charge in [-0.05, 0) is 13.0 Å². The van der Waals surface area contributed by atoms with Crippen molar-refractivity contribution in [1.29, 1.82) is 0 Å². The van der Waals surface area contributed by atoms with Gasteiger partial charge in [0.15, 0.2) is 12.4 Å². The van der Waals surface area contributed by atoms with Crippen molar-refractivity contribution in [2.45, 2.75) is 6.92 Å². The van der Waals surface area contributed by atoms with Gasteiger partial charge in [-0.15, -0.1) is 0 Å². The molecule has 1 aromatic carbocycles. The topological polar surface area (TPSA) is 110 Å². The van der Waals surface area contributed by atoms with E-state index in [0.29, 0.717) is 5.82 Å². The molecule has 0 aliphatic heterocycles. The zero-order valence-electron chi connectivity index (χ0n) is 10.6. The number of carbonyl (C=O) groups is 1. The third-order valence-electron chi connectivity index (χ3n) is 2.37. The summed E-state index contributed by atoms with van der Waals surface area (Å²) >= 11 is 0. The number of benzene rings is 1. The first kappa shape index (κ1) is 13.5. The Balaban J connectivity index is 1.90. The second kappa shape index (κ2) is 5.83. The number of hydrogen-bond acceptors (Lipinski definition) is 5. The number of nitrogens with one attached hydrogen (secondary N) is 2. The summed E-state index contributed by atoms with van der Waals surface area (Å²) < 4.78 is 5.18. The summed E-state index contributed by atoms with van der Waals surface area (Å²) in [5.74, 6) is 0.255. The maximum atomic E-state index is 11.6. The molecule has 0 aliphatic carbocycles. The van der Waals surface area contributed by atoms with E-state index in [2.05, 4.69) is 15.5 Å². The molecule has 1 heterocycles. The van der Waals surface area contributed by atoms with E-state index < -0.39 is 10.8 Å². The fourth-order valence-electron chi connectivity index (χ4n) is 1.50. The number of aromatic amines is 1. The van der Waals surface area contributed by atoms with Gasteiger partial charge < -0.3 is 10.1 Å². The SMILES string of the molecule is Cc1cc(NC(=O)COc2cccc([N+](=O)[O-])c2)n[nH]1. The van der Waals surface area contributed by atoms with Gasteiger partial charge in [0.2, 0.25) is 0 Å². The van der Waals surface area contributed by atoms with Crippen molar-refractivity contribution in [1.82, 2.24) is 10.2 Å². The van der Waals surface area contributed by atoms with Crippen molar-refractivity contribution >= 4 is 17.4 Å². The van der Waals surface area contributed by atoms with Crippen LogP contribution in [-0.2, 0) is 4.79 Å². The number of amides is 1. The second-order valence-corrected chi connectivity index (χ2v) is 4.03. The number of ether oxygens (including phenoxy) is 1. The Kier molecular flexibility index (Phi) is 3.94. The van der Waals surface area contributed by atoms with Gasteiger partial charge in [-0.25, -0.2) is 0 Å². The van der Waals surface area contributed by atoms with E-state index in [-0.39, 0.29) is 18.0 Å². The quantitative estimate of drug-likeness (QED) is 0.637. The molecule has 0 saturated carbocycles. The van der Waals surface area contributed by atoms with E-state index in [4.69, 9.17) is 4.74 Å². The van der Waals surface area contributed by atoms with Gasteiger partial charge in [-0.2, -0.15) is 5.10 Å². The molecule has 0 unspecified atom stereocenters. The van der Waals surface area contributed by atoms with Crippen LogP contribution in [-0.4, -0.2) is 27.6 Å². The molecular formula is C12H12N4O4. The summed E-state index contributed by atoms with van der Waals surface area (Å²) in [7, 11) is 0. The molecule has 0 spiro atoms. The molecule has 8 heteroatoms. The minimum absolute atomic E-state index is 0.0918. The van der Waals surface area contributed by atoms with Crippen molar-refractivity contribution in [3.63, 3.8) is 0 Å². The van der Waals surface area contributed by atoms with E-state index >= 15 is 0 Å². The highest BCUT2D eigenvalue weighted by Gasteiger charge is 2.09. The molecule has 0 atom stereocenters. The number of carbonyl (C=O) groups excluding carboxylic acids is 1. The number of aromatic nitrogens is 2. The fourth-order valence-corrected chi connectivity index (χ4v) is 1.50. The summed E-state index contributed by atoms with van der Waals surface area (Å²) in [6.45, 7) is 1.55. The molecule has 0 radical (unpaired) electrons. The molecule has 2 aromatic rings. The molecule has 2 N–H and O–H groups in total. The van der Waals surface area contributed by atoms with Crippen molar-refractivity contribution in [2.75, 3.05) is 11.9 Å². The van der Waals surface area contributed by atoms with Crippen LogP contribution < -0.4 is 10.1 Å². The van der Waals surface area contributed by atoms with E-state index in [1.807, 2.05) is 6.92 Å². The zero-order valence-corrected chi connectivity index (χ0v) is 10.6. The molecule has 0 bridgehead atoms. The summed E-state index contributed by atoms with van der Waals surface area (Å²) in [5.41, 5.74) is 0.728. The Labute approximate surface area is 113 Å². The lowest BCUT2D eigenvalue weighted by molar-refractivity contribution is -0.384. The van der Waals surface area contributed by atoms with Crippen LogP contribution in [0.15, 0.2) is 30.3 Å². The number of non-ortho nitro benzene ring substituents is 1. The standard InChI is InChI=1S/C12H12N4O4/c1-8-5-11(15-14-8)13-12(17)7-20-10-4-2-3-9(6-10)16(18)19/h2-6H,7H2,1H3,(H2,13,14,15,17). The average Bonchev–Trinajstić information content (AvgIpc) is 2.82. The molecule has 0 aliphatic rings. The number of aryl methyl sites for hydroxylation is 1. The molecule has 1 aromatic heterocycles. The first-order valence-corrected chi connectivity index (χ1v) is 5.74. The lowest BCUT2D eigenvalue weighted by Gasteiger charge is -2.05. The van der Waals surface area contributed by atoms with Crippen molar-refractivity contribution in [3.8, 4) is 5.75 Å². The van der Waals surface area contributed by atoms with E-state index in [1.165, 1.54) is 18.2 Å². The van der Waals surface area contributed by atoms with Crippen LogP contribution in [0, 0.1) is 17.0 Å². The normalized spacial score (nSPS) is 10.1. The van der Waals surface area contributed by atoms with E-state index in [1.54, 1.807) is 12.1 Å². The third kappa shape index (κ3) is 3.55. The molecule has 0 fully saturated rings. The Morgan fingerprint density at radius 1 is 1.50 bits per heavy atom. The fraction of sp³-hybridized carbons (Fsp3) is 0.167. The molecule has 1 amide bonds. The van der Waals surface area contributed by atoms with Gasteiger partial charge in [0.25, 0.3) is 11.6 Å². The summed E-state index contributed by atoms with van der Waals surface area (Å²) in [4.78, 5) is 21.7. The molecule has 2 rings (SSSR count). The number of nitro benzene ring substituents is 1. The first-order valence-electron chi connectivity index (χ1n) is 5.74. The van der Waals surface area contributed by atoms with Crippen LogP contribution >= 0.6 is 0 Å². The second-order valence-electron chi connectivity index (χ2n) is 4.03. The van der Waals surface area contributed by atoms with Crippen LogP contribution in [0.25, 0.3) is 0 Å². The van der Waals surface area contributed by atoms with E-state index in [0.717, 1.165) is 5.69 Å². The zero-order chi connectivity index (χ0) is 14.5. The Morgan fingerprint density at radius 3 is 2.95 bits per heavy atom. The average molecular weight is 276 g/mol. The van der Waals surface area contributed by atoms with Crippen molar-refractivity contribution in [2.24, 2.45) is 0 Å². The largest absolute Gasteiger partial charge is 0.484 e. The van der Waals surface area contributed by atoms with Gasteiger partial charge in [-0.1, -0.05) is 6.07 Å². The van der Waals surface area contributed by atoms with Crippen LogP contribution in [0.5, 0.6) is 5.75 Å². The number of hydrogen-bond donors (Lipinski definition) is 2. The van der Waals surface area contributed by atoms with E-state index in [9.17, 15) is 14.9 Å². The summed E-state index contributed by atoms with van der Waals surface area (Å²) in [6, 6.07) is 7.30. The minimum Gasteiger partial charge on any atom is -0.484 e. The molecule has 8 nitrogen and oxygen atoms in total. The van der Waals surface area contributed by atoms with Crippen molar-refractivity contribution in [3.05, 3.63) is 46.1 Å². The van der Waals surface area contributed by atoms with Gasteiger partial charge in [0.1, 0.15) is 5.75 Å². The lowest BCUT2D eigenvalue weighted by atomic mass is 10.3. The maximum absolute atomic E-state index is 11.6. The number of nitrogens with zero attached hydrogens (tertiary/aromatic N) is 2. The lowest BCUT2D eigenvalue weighted by Crippen LogP contribution is -2.20. The molecule has 104 valence electrons. The molecular weight excluding hydrogens is 264 g/mol. The number of rotatable bonds is 5. The van der Waals surface area contributed by atoms with Gasteiger partial charge >= 0.3 is 0 Å². The number of anilines is 1. The number of H-pyrrole nitrogens is 1. The number of nitro groups is 1. The molecule has 20 heavy (non-hydrogen) atoms. The monoisotopic (exact) mass is 276 g/mol. The van der Waals surface area contributed by atoms with Crippen LogP contribution in [0.1, 0.15) is 5.69 Å². The highest BCUT2D eigenvalue weighted by Crippen LogP contribution is 2.18. The summed E-state index contributed by atoms with van der Waals surface area (Å²) in [5, 5.41) is 19.7. The highest BCUT2D eigenvalue weighted by atomic mass is 16.6. The van der Waals surface area contributed by atoms with Crippen LogP contribution in [0.3, 0.4) is 0 Å². The van der Waals surface area contributed by atoms with Crippen LogP contribution in [0.4, 0.5) is 11.5 Å². The highest BCUT2D eigenvalue weighted by molar-refractivity contribution is 5.90. The van der Waals surface area contributed by atoms with Crippen molar-refractivity contribution < 1.29 is 14.5 Å². The van der Waals surface area contributed by atoms with Gasteiger partial charge in [0.05, 0.1) is 11.0 Å².